The number of carbonyl (C=O) groups is 3. The lowest BCUT2D eigenvalue weighted by Gasteiger charge is -2.18. The van der Waals surface area contributed by atoms with Crippen LogP contribution in [0, 0.1) is 0 Å². The SMILES string of the molecule is CC/C=C\C/C=C\C/C=C\C/C=C\C/C=C\C/C=C\CCC(=O)OCC(COC(=O)CCCC/C=C\C/C=C\CC)OC(=O)CCCCCCCCCCCC. The highest BCUT2D eigenvalue weighted by atomic mass is 16.6. The Labute approximate surface area is 343 Å². The van der Waals surface area contributed by atoms with E-state index in [1.165, 1.54) is 44.9 Å². The zero-order chi connectivity index (χ0) is 40.8. The molecule has 0 radical (unpaired) electrons. The van der Waals surface area contributed by atoms with Crippen molar-refractivity contribution < 1.29 is 28.6 Å². The van der Waals surface area contributed by atoms with E-state index in [0.29, 0.717) is 19.3 Å². The second kappa shape index (κ2) is 44.0. The molecule has 0 aliphatic rings. The number of allylic oxidation sites excluding steroid dienone is 16. The summed E-state index contributed by atoms with van der Waals surface area (Å²) in [5.41, 5.74) is 0. The molecule has 0 fully saturated rings. The van der Waals surface area contributed by atoms with Gasteiger partial charge in [-0.25, -0.2) is 0 Å². The fraction of sp³-hybridized carbons (Fsp3) is 0.620. The van der Waals surface area contributed by atoms with Gasteiger partial charge in [0, 0.05) is 19.3 Å². The van der Waals surface area contributed by atoms with Crippen LogP contribution >= 0.6 is 0 Å². The van der Waals surface area contributed by atoms with Gasteiger partial charge in [-0.05, 0) is 83.5 Å². The van der Waals surface area contributed by atoms with Gasteiger partial charge in [-0.1, -0.05) is 176 Å². The first-order valence-electron chi connectivity index (χ1n) is 22.2. The Morgan fingerprint density at radius 3 is 1.20 bits per heavy atom. The van der Waals surface area contributed by atoms with Crippen molar-refractivity contribution in [3.63, 3.8) is 0 Å². The lowest BCUT2D eigenvalue weighted by atomic mass is 10.1. The van der Waals surface area contributed by atoms with Crippen LogP contribution in [0.5, 0.6) is 0 Å². The molecule has 1 atom stereocenters. The number of esters is 3. The molecule has 0 N–H and O–H groups in total. The summed E-state index contributed by atoms with van der Waals surface area (Å²) in [5.74, 6) is -1.05. The Bertz CT molecular complexity index is 1170. The molecule has 0 rings (SSSR count). The average Bonchev–Trinajstić information content (AvgIpc) is 3.19. The standard InChI is InChI=1S/C50H80O6/c1-4-7-10-13-16-19-21-22-23-24-25-26-27-28-29-32-34-37-40-43-49(52)55-46-47(45-54-48(51)42-39-36-33-30-18-15-12-9-6-3)56-50(53)44-41-38-35-31-20-17-14-11-8-5-2/h7,9-10,12,16,18-19,22-23,25-26,28-30,34,37,47H,4-6,8,11,13-15,17,20-21,24,27,31-33,35-36,38-46H2,1-3H3/b10-7-,12-9-,19-16-,23-22-,26-25-,29-28-,30-18-,37-34-. The smallest absolute Gasteiger partial charge is 0.306 e. The van der Waals surface area contributed by atoms with Crippen LogP contribution in [0.3, 0.4) is 0 Å². The Morgan fingerprint density at radius 1 is 0.375 bits per heavy atom. The summed E-state index contributed by atoms with van der Waals surface area (Å²) in [7, 11) is 0. The van der Waals surface area contributed by atoms with E-state index < -0.39 is 6.10 Å². The van der Waals surface area contributed by atoms with E-state index >= 15 is 0 Å². The third kappa shape index (κ3) is 41.5. The van der Waals surface area contributed by atoms with Crippen molar-refractivity contribution in [3.05, 3.63) is 97.2 Å². The zero-order valence-electron chi connectivity index (χ0n) is 35.9. The zero-order valence-corrected chi connectivity index (χ0v) is 35.9. The van der Waals surface area contributed by atoms with Crippen LogP contribution < -0.4 is 0 Å². The molecule has 0 heterocycles. The van der Waals surface area contributed by atoms with E-state index in [9.17, 15) is 14.4 Å². The van der Waals surface area contributed by atoms with Crippen molar-refractivity contribution in [1.29, 1.82) is 0 Å². The summed E-state index contributed by atoms with van der Waals surface area (Å²) in [6, 6.07) is 0. The summed E-state index contributed by atoms with van der Waals surface area (Å²) in [5, 5.41) is 0. The monoisotopic (exact) mass is 777 g/mol. The minimum atomic E-state index is -0.816. The van der Waals surface area contributed by atoms with Gasteiger partial charge < -0.3 is 14.2 Å². The summed E-state index contributed by atoms with van der Waals surface area (Å²) >= 11 is 0. The summed E-state index contributed by atoms with van der Waals surface area (Å²) < 4.78 is 16.5. The number of hydrogen-bond acceptors (Lipinski definition) is 6. The van der Waals surface area contributed by atoms with Crippen LogP contribution in [-0.4, -0.2) is 37.2 Å². The maximum absolute atomic E-state index is 12.7. The molecule has 0 amide bonds. The molecule has 0 saturated carbocycles. The Morgan fingerprint density at radius 2 is 0.732 bits per heavy atom. The lowest BCUT2D eigenvalue weighted by Crippen LogP contribution is -2.30. The van der Waals surface area contributed by atoms with Gasteiger partial charge in [0.25, 0.3) is 0 Å². The minimum absolute atomic E-state index is 0.118. The molecule has 0 aromatic rings. The normalized spacial score (nSPS) is 13.0. The van der Waals surface area contributed by atoms with Gasteiger partial charge >= 0.3 is 17.9 Å². The quantitative estimate of drug-likeness (QED) is 0.0269. The number of hydrogen-bond donors (Lipinski definition) is 0. The third-order valence-electron chi connectivity index (χ3n) is 8.85. The van der Waals surface area contributed by atoms with Gasteiger partial charge in [0.05, 0.1) is 0 Å². The van der Waals surface area contributed by atoms with E-state index in [4.69, 9.17) is 14.2 Å². The van der Waals surface area contributed by atoms with Crippen LogP contribution in [0.1, 0.15) is 181 Å². The molecule has 0 aromatic heterocycles. The topological polar surface area (TPSA) is 78.9 Å². The summed E-state index contributed by atoms with van der Waals surface area (Å²) in [6.07, 6.45) is 57.0. The van der Waals surface area contributed by atoms with Crippen molar-refractivity contribution in [2.45, 2.75) is 187 Å². The third-order valence-corrected chi connectivity index (χ3v) is 8.85. The molecule has 0 bridgehead atoms. The van der Waals surface area contributed by atoms with E-state index in [0.717, 1.165) is 89.9 Å². The molecule has 1 unspecified atom stereocenters. The number of rotatable bonds is 38. The predicted octanol–water partition coefficient (Wildman–Crippen LogP) is 14.2. The van der Waals surface area contributed by atoms with E-state index in [1.807, 2.05) is 12.2 Å². The van der Waals surface area contributed by atoms with Crippen molar-refractivity contribution in [2.24, 2.45) is 0 Å². The highest BCUT2D eigenvalue weighted by Gasteiger charge is 2.19. The number of carbonyl (C=O) groups excluding carboxylic acids is 3. The van der Waals surface area contributed by atoms with Gasteiger partial charge in [-0.2, -0.15) is 0 Å². The second-order valence-electron chi connectivity index (χ2n) is 14.2. The first kappa shape index (κ1) is 52.3. The van der Waals surface area contributed by atoms with Crippen LogP contribution in [-0.2, 0) is 28.6 Å². The van der Waals surface area contributed by atoms with Crippen molar-refractivity contribution >= 4 is 17.9 Å². The van der Waals surface area contributed by atoms with Crippen LogP contribution in [0.4, 0.5) is 0 Å². The van der Waals surface area contributed by atoms with Gasteiger partial charge in [0.2, 0.25) is 0 Å². The molecule has 6 heteroatoms. The molecule has 0 spiro atoms. The molecular weight excluding hydrogens is 697 g/mol. The first-order valence-corrected chi connectivity index (χ1v) is 22.2. The minimum Gasteiger partial charge on any atom is -0.462 e. The number of ether oxygens (including phenoxy) is 3. The maximum Gasteiger partial charge on any atom is 0.306 e. The Balaban J connectivity index is 4.48. The molecule has 0 aliphatic heterocycles. The highest BCUT2D eigenvalue weighted by Crippen LogP contribution is 2.13. The van der Waals surface area contributed by atoms with Crippen molar-refractivity contribution in [3.8, 4) is 0 Å². The molecule has 0 aromatic carbocycles. The van der Waals surface area contributed by atoms with E-state index in [-0.39, 0.29) is 37.5 Å². The van der Waals surface area contributed by atoms with Crippen LogP contribution in [0.15, 0.2) is 97.2 Å². The van der Waals surface area contributed by atoms with Crippen LogP contribution in [0.25, 0.3) is 0 Å². The van der Waals surface area contributed by atoms with Crippen LogP contribution in [0.2, 0.25) is 0 Å². The molecule has 0 aliphatic carbocycles. The van der Waals surface area contributed by atoms with Gasteiger partial charge in [0.1, 0.15) is 13.2 Å². The van der Waals surface area contributed by atoms with Crippen molar-refractivity contribution in [2.75, 3.05) is 13.2 Å². The van der Waals surface area contributed by atoms with Gasteiger partial charge in [-0.15, -0.1) is 0 Å². The molecule has 56 heavy (non-hydrogen) atoms. The largest absolute Gasteiger partial charge is 0.462 e. The summed E-state index contributed by atoms with van der Waals surface area (Å²) in [4.78, 5) is 37.6. The van der Waals surface area contributed by atoms with E-state index in [1.54, 1.807) is 0 Å². The maximum atomic E-state index is 12.7. The Hall–Kier alpha value is -3.67. The highest BCUT2D eigenvalue weighted by molar-refractivity contribution is 5.71. The Kier molecular flexibility index (Phi) is 41.2. The second-order valence-corrected chi connectivity index (χ2v) is 14.2. The predicted molar refractivity (Wildman–Crippen MR) is 237 cm³/mol. The van der Waals surface area contributed by atoms with Gasteiger partial charge in [-0.3, -0.25) is 14.4 Å². The first-order chi connectivity index (χ1) is 27.5. The fourth-order valence-corrected chi connectivity index (χ4v) is 5.56. The lowest BCUT2D eigenvalue weighted by molar-refractivity contribution is -0.166. The van der Waals surface area contributed by atoms with Gasteiger partial charge in [0.15, 0.2) is 6.10 Å². The molecule has 6 nitrogen and oxygen atoms in total. The average molecular weight is 777 g/mol. The number of unbranched alkanes of at least 4 members (excludes halogenated alkanes) is 11. The molecule has 0 saturated heterocycles. The van der Waals surface area contributed by atoms with E-state index in [2.05, 4.69) is 106 Å². The fourth-order valence-electron chi connectivity index (χ4n) is 5.56. The summed E-state index contributed by atoms with van der Waals surface area (Å²) in [6.45, 7) is 6.25. The molecule has 316 valence electrons. The molecular formula is C50H80O6. The van der Waals surface area contributed by atoms with Crippen molar-refractivity contribution in [1.82, 2.24) is 0 Å².